The molecule has 0 spiro atoms. The molecule has 22 heavy (non-hydrogen) atoms. The van der Waals surface area contributed by atoms with Crippen LogP contribution in [-0.4, -0.2) is 30.1 Å². The maximum Gasteiger partial charge on any atom is 0.205 e. The van der Waals surface area contributed by atoms with Gasteiger partial charge >= 0.3 is 0 Å². The highest BCUT2D eigenvalue weighted by atomic mass is 32.1. The van der Waals surface area contributed by atoms with Gasteiger partial charge < -0.3 is 14.4 Å². The van der Waals surface area contributed by atoms with Crippen molar-refractivity contribution in [3.63, 3.8) is 0 Å². The van der Waals surface area contributed by atoms with Crippen LogP contribution in [0.1, 0.15) is 37.2 Å². The zero-order chi connectivity index (χ0) is 15.5. The van der Waals surface area contributed by atoms with Crippen molar-refractivity contribution in [1.82, 2.24) is 9.36 Å². The summed E-state index contributed by atoms with van der Waals surface area (Å²) in [6.45, 7) is 3.10. The Bertz CT molecular complexity index is 644. The molecule has 0 radical (unpaired) electrons. The number of nitrogens with zero attached hydrogens (tertiary/aromatic N) is 3. The van der Waals surface area contributed by atoms with E-state index in [2.05, 4.69) is 27.2 Å². The van der Waals surface area contributed by atoms with Crippen LogP contribution in [0.3, 0.4) is 0 Å². The van der Waals surface area contributed by atoms with Gasteiger partial charge in [-0.25, -0.2) is 4.98 Å². The van der Waals surface area contributed by atoms with E-state index < -0.39 is 0 Å². The summed E-state index contributed by atoms with van der Waals surface area (Å²) in [4.78, 5) is 6.99. The molecule has 1 saturated heterocycles. The van der Waals surface area contributed by atoms with Gasteiger partial charge in [-0.1, -0.05) is 6.92 Å². The Hall–Kier alpha value is -1.82. The van der Waals surface area contributed by atoms with Crippen molar-refractivity contribution in [1.29, 1.82) is 0 Å². The minimum absolute atomic E-state index is 0.290. The highest BCUT2D eigenvalue weighted by Crippen LogP contribution is 2.41. The van der Waals surface area contributed by atoms with Gasteiger partial charge in [0.2, 0.25) is 5.13 Å². The van der Waals surface area contributed by atoms with E-state index >= 15 is 0 Å². The lowest BCUT2D eigenvalue weighted by Crippen LogP contribution is -2.22. The van der Waals surface area contributed by atoms with Crippen LogP contribution in [0.5, 0.6) is 11.5 Å². The summed E-state index contributed by atoms with van der Waals surface area (Å²) in [5, 5.41) is 1.01. The molecule has 1 aliphatic heterocycles. The van der Waals surface area contributed by atoms with Crippen LogP contribution in [0.25, 0.3) is 0 Å². The fraction of sp³-hybridized carbons (Fsp3) is 0.500. The second-order valence-electron chi connectivity index (χ2n) is 5.31. The topological polar surface area (TPSA) is 47.5 Å². The third-order valence-corrected chi connectivity index (χ3v) is 4.86. The van der Waals surface area contributed by atoms with Gasteiger partial charge in [0.1, 0.15) is 17.3 Å². The van der Waals surface area contributed by atoms with Crippen LogP contribution in [0.4, 0.5) is 5.13 Å². The Balaban J connectivity index is 1.92. The number of hydrogen-bond acceptors (Lipinski definition) is 6. The number of benzene rings is 1. The molecular weight excluding hydrogens is 298 g/mol. The van der Waals surface area contributed by atoms with Gasteiger partial charge in [0.05, 0.1) is 20.3 Å². The quantitative estimate of drug-likeness (QED) is 0.844. The Kier molecular flexibility index (Phi) is 4.47. The van der Waals surface area contributed by atoms with Crippen LogP contribution < -0.4 is 14.4 Å². The predicted molar refractivity (Wildman–Crippen MR) is 88.2 cm³/mol. The van der Waals surface area contributed by atoms with Crippen molar-refractivity contribution in [2.24, 2.45) is 0 Å². The van der Waals surface area contributed by atoms with E-state index in [9.17, 15) is 0 Å². The summed E-state index contributed by atoms with van der Waals surface area (Å²) in [5.74, 6) is 2.61. The minimum Gasteiger partial charge on any atom is -0.497 e. The standard InChI is InChI=1S/C16H21N3O2S/c1-4-15-17-16(22-18-15)19-9-5-6-13(19)12-8-7-11(20-2)10-14(12)21-3/h7-8,10,13H,4-6,9H2,1-3H3. The lowest BCUT2D eigenvalue weighted by atomic mass is 10.0. The summed E-state index contributed by atoms with van der Waals surface area (Å²) in [6, 6.07) is 6.33. The van der Waals surface area contributed by atoms with E-state index in [1.807, 2.05) is 12.1 Å². The second-order valence-corrected chi connectivity index (χ2v) is 6.04. The van der Waals surface area contributed by atoms with Crippen LogP contribution in [0, 0.1) is 0 Å². The summed E-state index contributed by atoms with van der Waals surface area (Å²) in [6.07, 6.45) is 3.13. The van der Waals surface area contributed by atoms with Crippen molar-refractivity contribution in [2.75, 3.05) is 25.7 Å². The first-order valence-corrected chi connectivity index (χ1v) is 8.35. The molecule has 6 heteroatoms. The van der Waals surface area contributed by atoms with Crippen molar-refractivity contribution in [3.8, 4) is 11.5 Å². The molecule has 0 bridgehead atoms. The predicted octanol–water partition coefficient (Wildman–Crippen LogP) is 3.46. The van der Waals surface area contributed by atoms with Crippen molar-refractivity contribution in [3.05, 3.63) is 29.6 Å². The Morgan fingerprint density at radius 3 is 2.86 bits per heavy atom. The first-order chi connectivity index (χ1) is 10.8. The van der Waals surface area contributed by atoms with Crippen LogP contribution in [-0.2, 0) is 6.42 Å². The molecule has 2 aromatic rings. The molecular formula is C16H21N3O2S. The number of anilines is 1. The van der Waals surface area contributed by atoms with Gasteiger partial charge in [0.25, 0.3) is 0 Å². The van der Waals surface area contributed by atoms with E-state index in [0.29, 0.717) is 6.04 Å². The summed E-state index contributed by atoms with van der Waals surface area (Å²) in [7, 11) is 3.38. The van der Waals surface area contributed by atoms with Gasteiger partial charge in [0.15, 0.2) is 0 Å². The van der Waals surface area contributed by atoms with Gasteiger partial charge in [0, 0.05) is 36.1 Å². The zero-order valence-corrected chi connectivity index (χ0v) is 14.0. The van der Waals surface area contributed by atoms with E-state index in [1.54, 1.807) is 14.2 Å². The second kappa shape index (κ2) is 6.52. The van der Waals surface area contributed by atoms with E-state index in [4.69, 9.17) is 9.47 Å². The Labute approximate surface area is 135 Å². The minimum atomic E-state index is 0.290. The molecule has 2 heterocycles. The van der Waals surface area contributed by atoms with Gasteiger partial charge in [-0.3, -0.25) is 0 Å². The fourth-order valence-electron chi connectivity index (χ4n) is 2.92. The number of aryl methyl sites for hydroxylation is 1. The maximum absolute atomic E-state index is 5.57. The molecule has 1 atom stereocenters. The fourth-order valence-corrected chi connectivity index (χ4v) is 3.74. The van der Waals surface area contributed by atoms with Crippen molar-refractivity contribution < 1.29 is 9.47 Å². The van der Waals surface area contributed by atoms with E-state index in [1.165, 1.54) is 17.1 Å². The third kappa shape index (κ3) is 2.75. The Morgan fingerprint density at radius 2 is 2.18 bits per heavy atom. The molecule has 118 valence electrons. The van der Waals surface area contributed by atoms with Crippen LogP contribution in [0.15, 0.2) is 18.2 Å². The van der Waals surface area contributed by atoms with Crippen molar-refractivity contribution in [2.45, 2.75) is 32.2 Å². The van der Waals surface area contributed by atoms with Crippen LogP contribution in [0.2, 0.25) is 0 Å². The molecule has 0 aliphatic carbocycles. The molecule has 0 amide bonds. The molecule has 1 unspecified atom stereocenters. The highest BCUT2D eigenvalue weighted by molar-refractivity contribution is 7.09. The molecule has 5 nitrogen and oxygen atoms in total. The van der Waals surface area contributed by atoms with Gasteiger partial charge in [-0.05, 0) is 25.0 Å². The van der Waals surface area contributed by atoms with Gasteiger partial charge in [-0.2, -0.15) is 4.37 Å². The third-order valence-electron chi connectivity index (χ3n) is 4.07. The highest BCUT2D eigenvalue weighted by Gasteiger charge is 2.30. The average Bonchev–Trinajstić information content (AvgIpc) is 3.22. The molecule has 1 aliphatic rings. The lowest BCUT2D eigenvalue weighted by molar-refractivity contribution is 0.388. The number of aromatic nitrogens is 2. The molecule has 1 fully saturated rings. The summed E-state index contributed by atoms with van der Waals surface area (Å²) < 4.78 is 15.3. The number of rotatable bonds is 5. The summed E-state index contributed by atoms with van der Waals surface area (Å²) in [5.41, 5.74) is 1.19. The number of ether oxygens (including phenoxy) is 2. The van der Waals surface area contributed by atoms with Crippen LogP contribution >= 0.6 is 11.5 Å². The van der Waals surface area contributed by atoms with E-state index in [-0.39, 0.29) is 0 Å². The van der Waals surface area contributed by atoms with Gasteiger partial charge in [-0.15, -0.1) is 0 Å². The Morgan fingerprint density at radius 1 is 1.32 bits per heavy atom. The largest absolute Gasteiger partial charge is 0.497 e. The monoisotopic (exact) mass is 319 g/mol. The van der Waals surface area contributed by atoms with Crippen molar-refractivity contribution >= 4 is 16.7 Å². The molecule has 0 saturated carbocycles. The average molecular weight is 319 g/mol. The smallest absolute Gasteiger partial charge is 0.205 e. The first kappa shape index (κ1) is 15.1. The first-order valence-electron chi connectivity index (χ1n) is 7.58. The maximum atomic E-state index is 5.57. The SMILES string of the molecule is CCc1nsc(N2CCCC2c2ccc(OC)cc2OC)n1. The summed E-state index contributed by atoms with van der Waals surface area (Å²) >= 11 is 1.49. The zero-order valence-electron chi connectivity index (χ0n) is 13.2. The molecule has 1 aromatic heterocycles. The molecule has 0 N–H and O–H groups in total. The molecule has 1 aromatic carbocycles. The number of hydrogen-bond donors (Lipinski definition) is 0. The molecule has 3 rings (SSSR count). The van der Waals surface area contributed by atoms with E-state index in [0.717, 1.165) is 48.3 Å². The lowest BCUT2D eigenvalue weighted by Gasteiger charge is -2.25. The normalized spacial score (nSPS) is 17.8. The number of methoxy groups -OCH3 is 2.